The van der Waals surface area contributed by atoms with Crippen LogP contribution in [-0.4, -0.2) is 22.0 Å². The molecule has 0 bridgehead atoms. The lowest BCUT2D eigenvalue weighted by atomic mass is 10.1. The summed E-state index contributed by atoms with van der Waals surface area (Å²) in [5, 5.41) is 11.5. The number of anilines is 1. The number of aromatic nitrogens is 1. The topological polar surface area (TPSA) is 79.3 Å². The van der Waals surface area contributed by atoms with Gasteiger partial charge in [-0.25, -0.2) is 9.78 Å². The van der Waals surface area contributed by atoms with Crippen molar-refractivity contribution in [1.29, 1.82) is 0 Å². The summed E-state index contributed by atoms with van der Waals surface area (Å²) >= 11 is 0. The molecule has 1 aromatic carbocycles. The standard InChI is InChI=1S/C16H14N2O3/c1-11-4-6-12(7-5-11)8-9-14(19)18-15-13(16(20)21)3-2-10-17-15/h2-10H,1H3,(H,20,21)(H,17,18,19). The van der Waals surface area contributed by atoms with Crippen molar-refractivity contribution in [2.45, 2.75) is 6.92 Å². The molecular weight excluding hydrogens is 268 g/mol. The molecule has 1 aromatic heterocycles. The van der Waals surface area contributed by atoms with Crippen LogP contribution in [0.5, 0.6) is 0 Å². The summed E-state index contributed by atoms with van der Waals surface area (Å²) in [6.07, 6.45) is 4.41. The zero-order valence-corrected chi connectivity index (χ0v) is 11.4. The second kappa shape index (κ2) is 6.47. The van der Waals surface area contributed by atoms with Crippen LogP contribution in [0.25, 0.3) is 6.08 Å². The zero-order chi connectivity index (χ0) is 15.2. The van der Waals surface area contributed by atoms with Gasteiger partial charge in [0.1, 0.15) is 11.4 Å². The van der Waals surface area contributed by atoms with E-state index >= 15 is 0 Å². The van der Waals surface area contributed by atoms with Gasteiger partial charge in [-0.05, 0) is 30.7 Å². The Morgan fingerprint density at radius 3 is 2.57 bits per heavy atom. The van der Waals surface area contributed by atoms with Gasteiger partial charge in [-0.1, -0.05) is 29.8 Å². The molecule has 0 unspecified atom stereocenters. The van der Waals surface area contributed by atoms with Gasteiger partial charge < -0.3 is 10.4 Å². The van der Waals surface area contributed by atoms with Gasteiger partial charge in [0.2, 0.25) is 5.91 Å². The van der Waals surface area contributed by atoms with Crippen molar-refractivity contribution < 1.29 is 14.7 Å². The van der Waals surface area contributed by atoms with Gasteiger partial charge in [-0.3, -0.25) is 4.79 Å². The number of aryl methyl sites for hydroxylation is 1. The Balaban J connectivity index is 2.08. The fourth-order valence-electron chi connectivity index (χ4n) is 1.69. The van der Waals surface area contributed by atoms with Crippen molar-refractivity contribution in [3.63, 3.8) is 0 Å². The summed E-state index contributed by atoms with van der Waals surface area (Å²) in [5.41, 5.74) is 1.97. The first-order chi connectivity index (χ1) is 10.1. The average Bonchev–Trinajstić information content (AvgIpc) is 2.47. The number of amides is 1. The first-order valence-electron chi connectivity index (χ1n) is 6.30. The number of carbonyl (C=O) groups is 2. The van der Waals surface area contributed by atoms with Crippen LogP contribution in [0.1, 0.15) is 21.5 Å². The van der Waals surface area contributed by atoms with Gasteiger partial charge in [-0.2, -0.15) is 0 Å². The van der Waals surface area contributed by atoms with Gasteiger partial charge in [0.15, 0.2) is 0 Å². The van der Waals surface area contributed by atoms with Gasteiger partial charge in [0.25, 0.3) is 0 Å². The third-order valence-electron chi connectivity index (χ3n) is 2.78. The molecular formula is C16H14N2O3. The predicted molar refractivity (Wildman–Crippen MR) is 80.0 cm³/mol. The van der Waals surface area contributed by atoms with Gasteiger partial charge in [-0.15, -0.1) is 0 Å². The van der Waals surface area contributed by atoms with E-state index in [2.05, 4.69) is 10.3 Å². The lowest BCUT2D eigenvalue weighted by Crippen LogP contribution is -2.13. The molecule has 0 saturated carbocycles. The number of benzene rings is 1. The highest BCUT2D eigenvalue weighted by molar-refractivity contribution is 6.05. The molecule has 0 atom stereocenters. The number of nitrogens with zero attached hydrogens (tertiary/aromatic N) is 1. The number of nitrogens with one attached hydrogen (secondary N) is 1. The minimum absolute atomic E-state index is 0.0311. The molecule has 0 aliphatic rings. The molecule has 0 spiro atoms. The average molecular weight is 282 g/mol. The van der Waals surface area contributed by atoms with Crippen molar-refractivity contribution >= 4 is 23.8 Å². The highest BCUT2D eigenvalue weighted by Gasteiger charge is 2.11. The van der Waals surface area contributed by atoms with E-state index < -0.39 is 11.9 Å². The fourth-order valence-corrected chi connectivity index (χ4v) is 1.69. The van der Waals surface area contributed by atoms with E-state index in [-0.39, 0.29) is 11.4 Å². The highest BCUT2D eigenvalue weighted by Crippen LogP contribution is 2.11. The van der Waals surface area contributed by atoms with E-state index in [1.165, 1.54) is 24.4 Å². The van der Waals surface area contributed by atoms with Gasteiger partial charge in [0.05, 0.1) is 0 Å². The Morgan fingerprint density at radius 2 is 1.90 bits per heavy atom. The molecule has 1 amide bonds. The van der Waals surface area contributed by atoms with Crippen molar-refractivity contribution in [3.05, 3.63) is 65.4 Å². The number of hydrogen-bond acceptors (Lipinski definition) is 3. The van der Waals surface area contributed by atoms with Crippen LogP contribution in [0, 0.1) is 6.92 Å². The molecule has 0 saturated heterocycles. The number of pyridine rings is 1. The third kappa shape index (κ3) is 4.01. The zero-order valence-electron chi connectivity index (χ0n) is 11.4. The molecule has 2 N–H and O–H groups in total. The Morgan fingerprint density at radius 1 is 1.19 bits per heavy atom. The normalized spacial score (nSPS) is 10.5. The van der Waals surface area contributed by atoms with Crippen LogP contribution >= 0.6 is 0 Å². The summed E-state index contributed by atoms with van der Waals surface area (Å²) in [7, 11) is 0. The maximum Gasteiger partial charge on any atom is 0.339 e. The monoisotopic (exact) mass is 282 g/mol. The Bertz CT molecular complexity index is 691. The lowest BCUT2D eigenvalue weighted by molar-refractivity contribution is -0.111. The molecule has 2 rings (SSSR count). The van der Waals surface area contributed by atoms with Crippen molar-refractivity contribution in [2.24, 2.45) is 0 Å². The van der Waals surface area contributed by atoms with E-state index in [4.69, 9.17) is 5.11 Å². The lowest BCUT2D eigenvalue weighted by Gasteiger charge is -2.04. The van der Waals surface area contributed by atoms with Gasteiger partial charge >= 0.3 is 5.97 Å². The number of carboxylic acid groups (broad SMARTS) is 1. The number of hydrogen-bond donors (Lipinski definition) is 2. The second-order valence-electron chi connectivity index (χ2n) is 4.44. The van der Waals surface area contributed by atoms with E-state index in [0.717, 1.165) is 11.1 Å². The van der Waals surface area contributed by atoms with E-state index in [9.17, 15) is 9.59 Å². The molecule has 2 aromatic rings. The SMILES string of the molecule is Cc1ccc(C=CC(=O)Nc2ncccc2C(=O)O)cc1. The number of carboxylic acids is 1. The maximum absolute atomic E-state index is 11.8. The molecule has 21 heavy (non-hydrogen) atoms. The smallest absolute Gasteiger partial charge is 0.339 e. The molecule has 0 radical (unpaired) electrons. The van der Waals surface area contributed by atoms with Crippen LogP contribution in [0.15, 0.2) is 48.7 Å². The van der Waals surface area contributed by atoms with Crippen molar-refractivity contribution in [3.8, 4) is 0 Å². The van der Waals surface area contributed by atoms with E-state index in [1.54, 1.807) is 6.08 Å². The van der Waals surface area contributed by atoms with Crippen molar-refractivity contribution in [2.75, 3.05) is 5.32 Å². The minimum Gasteiger partial charge on any atom is -0.478 e. The van der Waals surface area contributed by atoms with Gasteiger partial charge in [0, 0.05) is 12.3 Å². The molecule has 0 aliphatic heterocycles. The summed E-state index contributed by atoms with van der Waals surface area (Å²) in [6, 6.07) is 10.6. The molecule has 5 heteroatoms. The summed E-state index contributed by atoms with van der Waals surface area (Å²) in [4.78, 5) is 26.7. The Kier molecular flexibility index (Phi) is 4.46. The first kappa shape index (κ1) is 14.5. The third-order valence-corrected chi connectivity index (χ3v) is 2.78. The predicted octanol–water partition coefficient (Wildman–Crippen LogP) is 2.74. The molecule has 0 aliphatic carbocycles. The number of rotatable bonds is 4. The maximum atomic E-state index is 11.8. The van der Waals surface area contributed by atoms with Crippen LogP contribution in [0.2, 0.25) is 0 Å². The summed E-state index contributed by atoms with van der Waals surface area (Å²) in [6.45, 7) is 1.98. The highest BCUT2D eigenvalue weighted by atomic mass is 16.4. The molecule has 106 valence electrons. The van der Waals surface area contributed by atoms with Crippen LogP contribution in [0.4, 0.5) is 5.82 Å². The van der Waals surface area contributed by atoms with Crippen LogP contribution < -0.4 is 5.32 Å². The Labute approximate surface area is 122 Å². The van der Waals surface area contributed by atoms with E-state index in [1.807, 2.05) is 31.2 Å². The Hall–Kier alpha value is -2.95. The summed E-state index contributed by atoms with van der Waals surface area (Å²) in [5.74, 6) is -1.54. The van der Waals surface area contributed by atoms with E-state index in [0.29, 0.717) is 0 Å². The van der Waals surface area contributed by atoms with Crippen LogP contribution in [-0.2, 0) is 4.79 Å². The molecule has 5 nitrogen and oxygen atoms in total. The fraction of sp³-hybridized carbons (Fsp3) is 0.0625. The largest absolute Gasteiger partial charge is 0.478 e. The van der Waals surface area contributed by atoms with Crippen LogP contribution in [0.3, 0.4) is 0 Å². The number of carbonyl (C=O) groups excluding carboxylic acids is 1. The summed E-state index contributed by atoms with van der Waals surface area (Å²) < 4.78 is 0. The first-order valence-corrected chi connectivity index (χ1v) is 6.30. The number of aromatic carboxylic acids is 1. The second-order valence-corrected chi connectivity index (χ2v) is 4.44. The minimum atomic E-state index is -1.14. The molecule has 1 heterocycles. The van der Waals surface area contributed by atoms with Crippen molar-refractivity contribution in [1.82, 2.24) is 4.98 Å². The quantitative estimate of drug-likeness (QED) is 0.845. The molecule has 0 fully saturated rings.